The van der Waals surface area contributed by atoms with Gasteiger partial charge in [0.15, 0.2) is 0 Å². The Balaban J connectivity index is 2.54. The van der Waals surface area contributed by atoms with Crippen LogP contribution >= 0.6 is 15.9 Å². The number of carbonyl (C=O) groups is 2. The van der Waals surface area contributed by atoms with Gasteiger partial charge in [0.2, 0.25) is 0 Å². The lowest BCUT2D eigenvalue weighted by molar-refractivity contribution is -0.142. The van der Waals surface area contributed by atoms with Crippen molar-refractivity contribution in [1.29, 1.82) is 0 Å². The highest BCUT2D eigenvalue weighted by Gasteiger charge is 2.41. The molecule has 1 rings (SSSR count). The lowest BCUT2D eigenvalue weighted by Crippen LogP contribution is -2.19. The first-order chi connectivity index (χ1) is 8.10. The number of unbranched alkanes of at least 4 members (excludes halogenated alkanes) is 2. The SMILES string of the molecule is CCCCCC1C(=O)C(Br)CC1CC(=O)OC. The number of hydrogen-bond donors (Lipinski definition) is 0. The van der Waals surface area contributed by atoms with Crippen LogP contribution in [0.5, 0.6) is 0 Å². The summed E-state index contributed by atoms with van der Waals surface area (Å²) >= 11 is 3.40. The summed E-state index contributed by atoms with van der Waals surface area (Å²) in [4.78, 5) is 23.2. The predicted octanol–water partition coefficient (Wildman–Crippen LogP) is 3.10. The minimum Gasteiger partial charge on any atom is -0.469 e. The van der Waals surface area contributed by atoms with Gasteiger partial charge in [0.05, 0.1) is 11.9 Å². The average Bonchev–Trinajstić information content (AvgIpc) is 2.57. The lowest BCUT2D eigenvalue weighted by Gasteiger charge is -2.16. The minimum atomic E-state index is -0.204. The molecule has 1 aliphatic carbocycles. The van der Waals surface area contributed by atoms with Crippen LogP contribution in [0, 0.1) is 11.8 Å². The fourth-order valence-electron chi connectivity index (χ4n) is 2.53. The van der Waals surface area contributed by atoms with Crippen molar-refractivity contribution in [3.05, 3.63) is 0 Å². The Morgan fingerprint density at radius 3 is 2.76 bits per heavy atom. The van der Waals surface area contributed by atoms with Crippen LogP contribution in [0.25, 0.3) is 0 Å². The van der Waals surface area contributed by atoms with Gasteiger partial charge in [-0.05, 0) is 18.8 Å². The minimum absolute atomic E-state index is 0.0463. The van der Waals surface area contributed by atoms with E-state index in [-0.39, 0.29) is 28.4 Å². The van der Waals surface area contributed by atoms with E-state index in [1.807, 2.05) is 0 Å². The average molecular weight is 305 g/mol. The molecule has 0 aromatic heterocycles. The standard InChI is InChI=1S/C13H21BrO3/c1-3-4-5-6-10-9(8-12(15)17-2)7-11(14)13(10)16/h9-11H,3-8H2,1-2H3. The molecule has 0 spiro atoms. The number of alkyl halides is 1. The van der Waals surface area contributed by atoms with Crippen molar-refractivity contribution in [3.8, 4) is 0 Å². The number of ether oxygens (including phenoxy) is 1. The molecule has 0 saturated heterocycles. The van der Waals surface area contributed by atoms with Gasteiger partial charge in [0.1, 0.15) is 5.78 Å². The van der Waals surface area contributed by atoms with Gasteiger partial charge in [-0.25, -0.2) is 0 Å². The molecule has 1 aliphatic rings. The Morgan fingerprint density at radius 2 is 2.18 bits per heavy atom. The summed E-state index contributed by atoms with van der Waals surface area (Å²) in [5.74, 6) is 0.279. The summed E-state index contributed by atoms with van der Waals surface area (Å²) in [6.45, 7) is 2.15. The van der Waals surface area contributed by atoms with Crippen LogP contribution in [0.2, 0.25) is 0 Å². The van der Waals surface area contributed by atoms with Gasteiger partial charge in [-0.1, -0.05) is 42.1 Å². The largest absolute Gasteiger partial charge is 0.469 e. The number of ketones is 1. The molecule has 0 N–H and O–H groups in total. The van der Waals surface area contributed by atoms with Crippen LogP contribution in [-0.4, -0.2) is 23.7 Å². The summed E-state index contributed by atoms with van der Waals surface area (Å²) in [5, 5.41) is 0. The van der Waals surface area contributed by atoms with Gasteiger partial charge in [0, 0.05) is 12.3 Å². The molecular weight excluding hydrogens is 284 g/mol. The second kappa shape index (κ2) is 7.14. The van der Waals surface area contributed by atoms with Crippen molar-refractivity contribution in [2.45, 2.75) is 50.3 Å². The molecule has 0 bridgehead atoms. The topological polar surface area (TPSA) is 43.4 Å². The monoisotopic (exact) mass is 304 g/mol. The number of carbonyl (C=O) groups excluding carboxylic acids is 2. The van der Waals surface area contributed by atoms with Crippen LogP contribution in [-0.2, 0) is 14.3 Å². The van der Waals surface area contributed by atoms with E-state index in [0.29, 0.717) is 6.42 Å². The number of rotatable bonds is 6. The fourth-order valence-corrected chi connectivity index (χ4v) is 3.35. The highest BCUT2D eigenvalue weighted by molar-refractivity contribution is 9.10. The number of methoxy groups -OCH3 is 1. The lowest BCUT2D eigenvalue weighted by atomic mass is 9.88. The molecular formula is C13H21BrO3. The zero-order valence-corrected chi connectivity index (χ0v) is 12.2. The predicted molar refractivity (Wildman–Crippen MR) is 70.1 cm³/mol. The highest BCUT2D eigenvalue weighted by Crippen LogP contribution is 2.38. The van der Waals surface area contributed by atoms with Gasteiger partial charge in [-0.2, -0.15) is 0 Å². The molecule has 98 valence electrons. The van der Waals surface area contributed by atoms with Crippen molar-refractivity contribution in [1.82, 2.24) is 0 Å². The van der Waals surface area contributed by atoms with Crippen LogP contribution in [0.4, 0.5) is 0 Å². The second-order valence-corrected chi connectivity index (χ2v) is 5.85. The van der Waals surface area contributed by atoms with Crippen molar-refractivity contribution in [2.24, 2.45) is 11.8 Å². The normalized spacial score (nSPS) is 28.4. The van der Waals surface area contributed by atoms with E-state index in [1.54, 1.807) is 0 Å². The first-order valence-corrected chi connectivity index (χ1v) is 7.26. The van der Waals surface area contributed by atoms with E-state index >= 15 is 0 Å². The molecule has 0 aromatic carbocycles. The molecule has 0 radical (unpaired) electrons. The molecule has 1 saturated carbocycles. The number of halogens is 1. The van der Waals surface area contributed by atoms with E-state index in [4.69, 9.17) is 4.74 Å². The highest BCUT2D eigenvalue weighted by atomic mass is 79.9. The zero-order chi connectivity index (χ0) is 12.8. The van der Waals surface area contributed by atoms with Gasteiger partial charge in [-0.3, -0.25) is 9.59 Å². The number of hydrogen-bond acceptors (Lipinski definition) is 3. The van der Waals surface area contributed by atoms with Gasteiger partial charge in [0.25, 0.3) is 0 Å². The fraction of sp³-hybridized carbons (Fsp3) is 0.846. The zero-order valence-electron chi connectivity index (χ0n) is 10.6. The molecule has 0 aromatic rings. The molecule has 17 heavy (non-hydrogen) atoms. The van der Waals surface area contributed by atoms with E-state index in [9.17, 15) is 9.59 Å². The van der Waals surface area contributed by atoms with Crippen molar-refractivity contribution >= 4 is 27.7 Å². The molecule has 0 aliphatic heterocycles. The Bertz CT molecular complexity index is 278. The third-order valence-electron chi connectivity index (χ3n) is 3.53. The molecule has 1 fully saturated rings. The number of Topliss-reactive ketones (excluding diaryl/α,β-unsaturated/α-hetero) is 1. The smallest absolute Gasteiger partial charge is 0.305 e. The molecule has 3 atom stereocenters. The summed E-state index contributed by atoms with van der Waals surface area (Å²) in [6.07, 6.45) is 5.44. The Labute approximate surface area is 111 Å². The summed E-state index contributed by atoms with van der Waals surface area (Å²) < 4.78 is 4.69. The molecule has 4 heteroatoms. The quantitative estimate of drug-likeness (QED) is 0.430. The Morgan fingerprint density at radius 1 is 1.47 bits per heavy atom. The van der Waals surface area contributed by atoms with E-state index in [1.165, 1.54) is 7.11 Å². The molecule has 0 amide bonds. The van der Waals surface area contributed by atoms with E-state index in [2.05, 4.69) is 22.9 Å². The summed E-state index contributed by atoms with van der Waals surface area (Å²) in [5.41, 5.74) is 0. The third kappa shape index (κ3) is 4.09. The maximum Gasteiger partial charge on any atom is 0.305 e. The van der Waals surface area contributed by atoms with Crippen molar-refractivity contribution in [3.63, 3.8) is 0 Å². The first kappa shape index (κ1) is 14.7. The summed E-state index contributed by atoms with van der Waals surface area (Å²) in [7, 11) is 1.40. The molecule has 3 nitrogen and oxygen atoms in total. The maximum absolute atomic E-state index is 12.0. The van der Waals surface area contributed by atoms with Gasteiger partial charge >= 0.3 is 5.97 Å². The van der Waals surface area contributed by atoms with Gasteiger partial charge in [-0.15, -0.1) is 0 Å². The van der Waals surface area contributed by atoms with Crippen LogP contribution in [0.15, 0.2) is 0 Å². The second-order valence-electron chi connectivity index (χ2n) is 4.75. The van der Waals surface area contributed by atoms with Crippen LogP contribution < -0.4 is 0 Å². The van der Waals surface area contributed by atoms with E-state index in [0.717, 1.165) is 32.1 Å². The van der Waals surface area contributed by atoms with Crippen LogP contribution in [0.1, 0.15) is 45.4 Å². The third-order valence-corrected chi connectivity index (χ3v) is 4.35. The van der Waals surface area contributed by atoms with Crippen molar-refractivity contribution in [2.75, 3.05) is 7.11 Å². The van der Waals surface area contributed by atoms with E-state index < -0.39 is 0 Å². The Kier molecular flexibility index (Phi) is 6.17. The molecule has 3 unspecified atom stereocenters. The summed E-state index contributed by atoms with van der Waals surface area (Å²) in [6, 6.07) is 0. The molecule has 0 heterocycles. The van der Waals surface area contributed by atoms with Crippen LogP contribution in [0.3, 0.4) is 0 Å². The van der Waals surface area contributed by atoms with Gasteiger partial charge < -0.3 is 4.74 Å². The maximum atomic E-state index is 12.0. The Hall–Kier alpha value is -0.380. The first-order valence-electron chi connectivity index (χ1n) is 6.34. The van der Waals surface area contributed by atoms with Crippen molar-refractivity contribution < 1.29 is 14.3 Å². The number of esters is 1.